The summed E-state index contributed by atoms with van der Waals surface area (Å²) in [6.07, 6.45) is 0.136. The first-order chi connectivity index (χ1) is 25.4. The van der Waals surface area contributed by atoms with Crippen LogP contribution in [0.2, 0.25) is 10.2 Å². The Morgan fingerprint density at radius 1 is 0.944 bits per heavy atom. The number of nitrogens with zero attached hydrogens (tertiary/aromatic N) is 6. The minimum Gasteiger partial charge on any atom is -0.456 e. The van der Waals surface area contributed by atoms with E-state index < -0.39 is 53.3 Å². The van der Waals surface area contributed by atoms with E-state index >= 15 is 0 Å². The fourth-order valence-electron chi connectivity index (χ4n) is 6.44. The molecule has 2 aliphatic rings. The Morgan fingerprint density at radius 2 is 1.65 bits per heavy atom. The monoisotopic (exact) mass is 776 g/mol. The molecular formula is C37H34Cl2N6O9. The highest BCUT2D eigenvalue weighted by atomic mass is 35.5. The van der Waals surface area contributed by atoms with Gasteiger partial charge in [-0.2, -0.15) is 4.90 Å². The van der Waals surface area contributed by atoms with Crippen LogP contribution in [-0.4, -0.2) is 66.5 Å². The Hall–Kier alpha value is -5.54. The first-order valence-electron chi connectivity index (χ1n) is 16.9. The van der Waals surface area contributed by atoms with Crippen molar-refractivity contribution in [3.63, 3.8) is 0 Å². The fraction of sp³-hybridized carbons (Fsp3) is 0.351. The Morgan fingerprint density at radius 3 is 2.30 bits per heavy atom. The van der Waals surface area contributed by atoms with E-state index in [1.54, 1.807) is 59.7 Å². The summed E-state index contributed by atoms with van der Waals surface area (Å²) in [6, 6.07) is 11.7. The molecule has 3 atom stereocenters. The van der Waals surface area contributed by atoms with Gasteiger partial charge < -0.3 is 18.7 Å². The second-order valence-corrected chi connectivity index (χ2v) is 15.8. The zero-order chi connectivity index (χ0) is 38.9. The molecule has 15 nitrogen and oxygen atoms in total. The topological polar surface area (TPSA) is 178 Å². The van der Waals surface area contributed by atoms with Crippen molar-refractivity contribution in [2.24, 2.45) is 5.92 Å². The van der Waals surface area contributed by atoms with Crippen LogP contribution < -0.4 is 10.5 Å². The minimum atomic E-state index is -1.04. The number of Topliss-reactive ketones (excluding diaryl/α,β-unsaturated/α-hetero) is 1. The van der Waals surface area contributed by atoms with Crippen molar-refractivity contribution >= 4 is 63.9 Å². The number of hydrogen-bond acceptors (Lipinski definition) is 12. The molecule has 2 amide bonds. The maximum atomic E-state index is 13.6. The number of pyridine rings is 1. The highest BCUT2D eigenvalue weighted by Gasteiger charge is 2.56. The van der Waals surface area contributed by atoms with Gasteiger partial charge in [-0.25, -0.2) is 19.1 Å². The SMILES string of the molecule is CC(C)(C)OC(=O)N(C(=O)OC(C)(C)C)c1noc2cc(C(=O)COC(=O)[C@@H]3[C@H]4C[C@H]4c4cc(-c5cc(Cl)ccc5-n5cc(Cl)nn5)cc(=O)n43)ccc12. The van der Waals surface area contributed by atoms with E-state index in [-0.39, 0.29) is 39.3 Å². The number of halogens is 2. The van der Waals surface area contributed by atoms with Crippen molar-refractivity contribution in [3.05, 3.63) is 86.5 Å². The molecule has 4 heterocycles. The van der Waals surface area contributed by atoms with Crippen molar-refractivity contribution < 1.29 is 37.9 Å². The average Bonchev–Trinajstić information content (AvgIpc) is 3.37. The van der Waals surface area contributed by atoms with Gasteiger partial charge in [0.05, 0.1) is 17.3 Å². The molecule has 7 rings (SSSR count). The van der Waals surface area contributed by atoms with E-state index in [0.717, 1.165) is 0 Å². The van der Waals surface area contributed by atoms with Gasteiger partial charge in [0, 0.05) is 33.8 Å². The molecule has 0 radical (unpaired) electrons. The molecular weight excluding hydrogens is 743 g/mol. The van der Waals surface area contributed by atoms with Crippen LogP contribution >= 0.6 is 23.2 Å². The van der Waals surface area contributed by atoms with Crippen LogP contribution in [0.25, 0.3) is 27.8 Å². The van der Waals surface area contributed by atoms with Crippen molar-refractivity contribution in [1.29, 1.82) is 0 Å². The lowest BCUT2D eigenvalue weighted by Crippen LogP contribution is -2.44. The van der Waals surface area contributed by atoms with Gasteiger partial charge in [-0.15, -0.1) is 5.10 Å². The molecule has 5 aromatic rings. The smallest absolute Gasteiger partial charge is 0.425 e. The van der Waals surface area contributed by atoms with Gasteiger partial charge in [-0.3, -0.25) is 14.2 Å². The molecule has 54 heavy (non-hydrogen) atoms. The largest absolute Gasteiger partial charge is 0.456 e. The number of fused-ring (bicyclic) bond motifs is 4. The van der Waals surface area contributed by atoms with Gasteiger partial charge in [0.25, 0.3) is 5.56 Å². The van der Waals surface area contributed by atoms with Crippen LogP contribution in [0.5, 0.6) is 0 Å². The molecule has 17 heteroatoms. The molecule has 3 aromatic heterocycles. The Balaban J connectivity index is 1.09. The molecule has 1 saturated carbocycles. The number of ketones is 1. The molecule has 280 valence electrons. The van der Waals surface area contributed by atoms with Gasteiger partial charge in [0.2, 0.25) is 0 Å². The molecule has 0 N–H and O–H groups in total. The highest BCUT2D eigenvalue weighted by molar-refractivity contribution is 6.31. The van der Waals surface area contributed by atoms with E-state index in [4.69, 9.17) is 41.9 Å². The predicted octanol–water partition coefficient (Wildman–Crippen LogP) is 7.30. The Kier molecular flexibility index (Phi) is 9.13. The molecule has 1 aliphatic carbocycles. The van der Waals surface area contributed by atoms with Crippen LogP contribution in [0.3, 0.4) is 0 Å². The van der Waals surface area contributed by atoms with Gasteiger partial charge in [-0.05, 0) is 95.8 Å². The second kappa shape index (κ2) is 13.4. The van der Waals surface area contributed by atoms with Crippen LogP contribution in [0.1, 0.15) is 76.0 Å². The van der Waals surface area contributed by atoms with Gasteiger partial charge in [0.1, 0.15) is 17.2 Å². The number of esters is 1. The third-order valence-electron chi connectivity index (χ3n) is 8.71. The van der Waals surface area contributed by atoms with E-state index in [9.17, 15) is 24.0 Å². The van der Waals surface area contributed by atoms with E-state index in [0.29, 0.717) is 38.9 Å². The fourth-order valence-corrected chi connectivity index (χ4v) is 6.74. The number of benzene rings is 2. The summed E-state index contributed by atoms with van der Waals surface area (Å²) in [5.41, 5.74) is 0.368. The summed E-state index contributed by atoms with van der Waals surface area (Å²) in [6.45, 7) is 9.24. The lowest BCUT2D eigenvalue weighted by atomic mass is 10.0. The van der Waals surface area contributed by atoms with Gasteiger partial charge in [0.15, 0.2) is 28.9 Å². The van der Waals surface area contributed by atoms with Crippen LogP contribution in [0.15, 0.2) is 64.0 Å². The maximum absolute atomic E-state index is 13.6. The lowest BCUT2D eigenvalue weighted by molar-refractivity contribution is -0.147. The summed E-state index contributed by atoms with van der Waals surface area (Å²) in [4.78, 5) is 67.2. The number of rotatable bonds is 7. The number of carbonyl (C=O) groups excluding carboxylic acids is 4. The van der Waals surface area contributed by atoms with E-state index in [1.807, 2.05) is 6.07 Å². The van der Waals surface area contributed by atoms with E-state index in [1.165, 1.54) is 39.7 Å². The Bertz CT molecular complexity index is 2390. The second-order valence-electron chi connectivity index (χ2n) is 15.0. The molecule has 1 aliphatic heterocycles. The van der Waals surface area contributed by atoms with Crippen molar-refractivity contribution in [1.82, 2.24) is 24.7 Å². The summed E-state index contributed by atoms with van der Waals surface area (Å²) in [7, 11) is 0. The number of hydrogen-bond donors (Lipinski definition) is 0. The number of amides is 2. The number of anilines is 1. The highest BCUT2D eigenvalue weighted by Crippen LogP contribution is 2.59. The molecule has 0 saturated heterocycles. The molecule has 0 bridgehead atoms. The van der Waals surface area contributed by atoms with Gasteiger partial charge in [-0.1, -0.05) is 39.6 Å². The summed E-state index contributed by atoms with van der Waals surface area (Å²) >= 11 is 12.3. The number of aromatic nitrogens is 5. The molecule has 1 fully saturated rings. The summed E-state index contributed by atoms with van der Waals surface area (Å²) < 4.78 is 24.7. The van der Waals surface area contributed by atoms with Crippen molar-refractivity contribution in [2.45, 2.75) is 71.1 Å². The summed E-state index contributed by atoms with van der Waals surface area (Å²) in [5, 5.41) is 12.7. The van der Waals surface area contributed by atoms with Crippen LogP contribution in [0, 0.1) is 5.92 Å². The maximum Gasteiger partial charge on any atom is 0.425 e. The third-order valence-corrected chi connectivity index (χ3v) is 9.12. The number of imide groups is 1. The van der Waals surface area contributed by atoms with Gasteiger partial charge >= 0.3 is 18.2 Å². The average molecular weight is 778 g/mol. The molecule has 0 unspecified atom stereocenters. The standard InChI is InChI=1S/C37H34Cl2N6O9/c1-36(2,3)52-34(49)45(35(50)53-37(4,5)6)32-21-9-7-18(12-28(21)54-41-32)27(46)17-51-33(48)31-24-15-23(24)26-11-19(13-30(47)44(26)31)22-14-20(38)8-10-25(22)43-16-29(39)40-42-43/h7-14,16,23-24,31H,15,17H2,1-6H3/t23-,24+,31+/m1/s1. The molecule has 2 aromatic carbocycles. The first kappa shape index (κ1) is 36.8. The summed E-state index contributed by atoms with van der Waals surface area (Å²) in [5.74, 6) is -1.67. The Labute approximate surface area is 317 Å². The first-order valence-corrected chi connectivity index (χ1v) is 17.6. The quantitative estimate of drug-likeness (QED) is 0.0916. The number of ether oxygens (including phenoxy) is 3. The van der Waals surface area contributed by atoms with Crippen LogP contribution in [0.4, 0.5) is 15.4 Å². The van der Waals surface area contributed by atoms with Crippen LogP contribution in [-0.2, 0) is 19.0 Å². The van der Waals surface area contributed by atoms with Crippen molar-refractivity contribution in [2.75, 3.05) is 11.5 Å². The van der Waals surface area contributed by atoms with E-state index in [2.05, 4.69) is 15.5 Å². The zero-order valence-electron chi connectivity index (χ0n) is 30.0. The lowest BCUT2D eigenvalue weighted by Gasteiger charge is -2.27. The van der Waals surface area contributed by atoms with Crippen molar-refractivity contribution in [3.8, 4) is 16.8 Å². The normalized spacial score (nSPS) is 17.4. The third kappa shape index (κ3) is 7.20. The predicted molar refractivity (Wildman–Crippen MR) is 195 cm³/mol. The number of carbonyl (C=O) groups is 4. The zero-order valence-corrected chi connectivity index (χ0v) is 31.5. The minimum absolute atomic E-state index is 0.0432. The molecule has 0 spiro atoms.